The Morgan fingerprint density at radius 3 is 2.67 bits per heavy atom. The molecular weight excluding hydrogens is 232 g/mol. The van der Waals surface area contributed by atoms with Gasteiger partial charge in [0.15, 0.2) is 0 Å². The van der Waals surface area contributed by atoms with Crippen LogP contribution >= 0.6 is 0 Å². The maximum Gasteiger partial charge on any atom is 0.323 e. The molecule has 2 N–H and O–H groups in total. The average molecular weight is 256 g/mol. The first-order valence-corrected chi connectivity index (χ1v) is 6.74. The molecule has 0 spiro atoms. The third-order valence-electron chi connectivity index (χ3n) is 3.08. The Balaban J connectivity index is 2.63. The third-order valence-corrected chi connectivity index (χ3v) is 3.08. The molecule has 1 aliphatic rings. The van der Waals surface area contributed by atoms with E-state index in [0.717, 1.165) is 32.2 Å². The lowest BCUT2D eigenvalue weighted by Gasteiger charge is -2.27. The Morgan fingerprint density at radius 2 is 2.06 bits per heavy atom. The van der Waals surface area contributed by atoms with Crippen molar-refractivity contribution in [3.63, 3.8) is 0 Å². The zero-order chi connectivity index (χ0) is 13.5. The predicted octanol–water partition coefficient (Wildman–Crippen LogP) is 1.09. The van der Waals surface area contributed by atoms with Crippen LogP contribution < -0.4 is 5.32 Å². The van der Waals surface area contributed by atoms with Crippen molar-refractivity contribution in [1.82, 2.24) is 10.2 Å². The smallest absolute Gasteiger partial charge is 0.323 e. The van der Waals surface area contributed by atoms with Gasteiger partial charge in [-0.2, -0.15) is 0 Å². The summed E-state index contributed by atoms with van der Waals surface area (Å²) < 4.78 is 0. The highest BCUT2D eigenvalue weighted by Crippen LogP contribution is 2.12. The maximum absolute atomic E-state index is 12.3. The van der Waals surface area contributed by atoms with Gasteiger partial charge < -0.3 is 15.3 Å². The second kappa shape index (κ2) is 7.36. The lowest BCUT2D eigenvalue weighted by Crippen LogP contribution is -2.49. The number of nitrogens with zero attached hydrogens (tertiary/aromatic N) is 1. The summed E-state index contributed by atoms with van der Waals surface area (Å²) in [4.78, 5) is 24.6. The average Bonchev–Trinajstić information content (AvgIpc) is 2.54. The first-order chi connectivity index (χ1) is 8.50. The van der Waals surface area contributed by atoms with Crippen molar-refractivity contribution in [1.29, 1.82) is 0 Å². The summed E-state index contributed by atoms with van der Waals surface area (Å²) >= 11 is 0. The Kier molecular flexibility index (Phi) is 6.12. The zero-order valence-electron chi connectivity index (χ0n) is 11.3. The van der Waals surface area contributed by atoms with Gasteiger partial charge in [0, 0.05) is 6.54 Å². The van der Waals surface area contributed by atoms with Gasteiger partial charge >= 0.3 is 5.97 Å². The summed E-state index contributed by atoms with van der Waals surface area (Å²) in [7, 11) is 0. The number of rotatable bonds is 5. The molecular formula is C13H24N2O3. The summed E-state index contributed by atoms with van der Waals surface area (Å²) in [5, 5.41) is 12.1. The number of aliphatic carboxylic acids is 1. The molecule has 18 heavy (non-hydrogen) atoms. The summed E-state index contributed by atoms with van der Waals surface area (Å²) in [6, 6.07) is -0.203. The monoisotopic (exact) mass is 256 g/mol. The molecule has 0 aromatic heterocycles. The molecule has 5 nitrogen and oxygen atoms in total. The maximum atomic E-state index is 12.3. The number of carboxylic acid groups (broad SMARTS) is 1. The van der Waals surface area contributed by atoms with Crippen LogP contribution in [0.2, 0.25) is 0 Å². The minimum absolute atomic E-state index is 0.0620. The Bertz CT molecular complexity index is 284. The highest BCUT2D eigenvalue weighted by atomic mass is 16.4. The first kappa shape index (κ1) is 15.0. The number of carbonyl (C=O) groups is 2. The molecule has 1 heterocycles. The molecule has 5 heteroatoms. The fourth-order valence-electron chi connectivity index (χ4n) is 2.30. The Hall–Kier alpha value is -1.10. The minimum Gasteiger partial charge on any atom is -0.480 e. The molecule has 1 fully saturated rings. The van der Waals surface area contributed by atoms with E-state index in [1.807, 2.05) is 13.8 Å². The van der Waals surface area contributed by atoms with E-state index in [-0.39, 0.29) is 24.4 Å². The van der Waals surface area contributed by atoms with Gasteiger partial charge in [0.1, 0.15) is 6.54 Å². The first-order valence-electron chi connectivity index (χ1n) is 6.74. The summed E-state index contributed by atoms with van der Waals surface area (Å²) in [6.07, 6.45) is 4.08. The van der Waals surface area contributed by atoms with Crippen molar-refractivity contribution in [3.8, 4) is 0 Å². The van der Waals surface area contributed by atoms with Gasteiger partial charge in [0.2, 0.25) is 5.91 Å². The van der Waals surface area contributed by atoms with Crippen LogP contribution in [-0.2, 0) is 9.59 Å². The topological polar surface area (TPSA) is 69.6 Å². The molecule has 0 aliphatic carbocycles. The highest BCUT2D eigenvalue weighted by Gasteiger charge is 2.26. The van der Waals surface area contributed by atoms with Crippen LogP contribution in [0.1, 0.15) is 39.5 Å². The highest BCUT2D eigenvalue weighted by molar-refractivity contribution is 5.85. The van der Waals surface area contributed by atoms with Gasteiger partial charge in [0.25, 0.3) is 0 Å². The molecule has 0 bridgehead atoms. The second-order valence-electron chi connectivity index (χ2n) is 5.36. The molecule has 1 rings (SSSR count). The van der Waals surface area contributed by atoms with Crippen LogP contribution in [0.15, 0.2) is 0 Å². The van der Waals surface area contributed by atoms with Gasteiger partial charge in [-0.1, -0.05) is 26.7 Å². The molecule has 1 saturated heterocycles. The summed E-state index contributed by atoms with van der Waals surface area (Å²) in [5.74, 6) is -0.732. The van der Waals surface area contributed by atoms with E-state index >= 15 is 0 Å². The number of carboxylic acids is 1. The van der Waals surface area contributed by atoms with Crippen LogP contribution in [-0.4, -0.2) is 47.6 Å². The van der Waals surface area contributed by atoms with Crippen molar-refractivity contribution >= 4 is 11.9 Å². The predicted molar refractivity (Wildman–Crippen MR) is 69.3 cm³/mol. The van der Waals surface area contributed by atoms with Crippen LogP contribution in [0.5, 0.6) is 0 Å². The molecule has 0 aromatic rings. The fraction of sp³-hybridized carbons (Fsp3) is 0.846. The van der Waals surface area contributed by atoms with E-state index in [4.69, 9.17) is 5.11 Å². The van der Waals surface area contributed by atoms with Gasteiger partial charge in [-0.3, -0.25) is 9.59 Å². The van der Waals surface area contributed by atoms with Crippen LogP contribution in [0, 0.1) is 5.92 Å². The number of carbonyl (C=O) groups excluding carboxylic acids is 1. The fourth-order valence-corrected chi connectivity index (χ4v) is 2.30. The molecule has 1 unspecified atom stereocenters. The molecule has 1 atom stereocenters. The lowest BCUT2D eigenvalue weighted by atomic mass is 10.1. The van der Waals surface area contributed by atoms with Crippen LogP contribution in [0.4, 0.5) is 0 Å². The quantitative estimate of drug-likeness (QED) is 0.772. The normalized spacial score (nSPS) is 20.5. The zero-order valence-corrected chi connectivity index (χ0v) is 11.3. The largest absolute Gasteiger partial charge is 0.480 e. The third kappa shape index (κ3) is 5.04. The van der Waals surface area contributed by atoms with Crippen molar-refractivity contribution in [2.45, 2.75) is 45.6 Å². The van der Waals surface area contributed by atoms with Crippen LogP contribution in [0.25, 0.3) is 0 Å². The van der Waals surface area contributed by atoms with Crippen molar-refractivity contribution in [3.05, 3.63) is 0 Å². The minimum atomic E-state index is -0.947. The van der Waals surface area contributed by atoms with E-state index in [1.54, 1.807) is 0 Å². The SMILES string of the molecule is CC(C)CN(CC(=O)O)C(=O)C1CCCCCN1. The summed E-state index contributed by atoms with van der Waals surface area (Å²) in [5.41, 5.74) is 0. The number of hydrogen-bond donors (Lipinski definition) is 2. The van der Waals surface area contributed by atoms with E-state index in [9.17, 15) is 9.59 Å². The Labute approximate surface area is 109 Å². The van der Waals surface area contributed by atoms with Gasteiger partial charge in [0.05, 0.1) is 6.04 Å². The second-order valence-corrected chi connectivity index (χ2v) is 5.36. The van der Waals surface area contributed by atoms with Gasteiger partial charge in [-0.05, 0) is 25.3 Å². The van der Waals surface area contributed by atoms with Crippen LogP contribution in [0.3, 0.4) is 0 Å². The van der Waals surface area contributed by atoms with Gasteiger partial charge in [-0.25, -0.2) is 0 Å². The summed E-state index contributed by atoms with van der Waals surface area (Å²) in [6.45, 7) is 5.13. The number of hydrogen-bond acceptors (Lipinski definition) is 3. The lowest BCUT2D eigenvalue weighted by molar-refractivity contribution is -0.145. The molecule has 1 aliphatic heterocycles. The van der Waals surface area contributed by atoms with E-state index < -0.39 is 5.97 Å². The van der Waals surface area contributed by atoms with Crippen molar-refractivity contribution < 1.29 is 14.7 Å². The van der Waals surface area contributed by atoms with Crippen molar-refractivity contribution in [2.75, 3.05) is 19.6 Å². The number of amides is 1. The molecule has 104 valence electrons. The Morgan fingerprint density at radius 1 is 1.33 bits per heavy atom. The molecule has 0 radical (unpaired) electrons. The molecule has 0 saturated carbocycles. The van der Waals surface area contributed by atoms with Gasteiger partial charge in [-0.15, -0.1) is 0 Å². The van der Waals surface area contributed by atoms with E-state index in [1.165, 1.54) is 4.90 Å². The standard InChI is InChI=1S/C13H24N2O3/c1-10(2)8-15(9-12(16)17)13(18)11-6-4-3-5-7-14-11/h10-11,14H,3-9H2,1-2H3,(H,16,17). The molecule has 0 aromatic carbocycles. The van der Waals surface area contributed by atoms with E-state index in [0.29, 0.717) is 6.54 Å². The van der Waals surface area contributed by atoms with Crippen molar-refractivity contribution in [2.24, 2.45) is 5.92 Å². The van der Waals surface area contributed by atoms with E-state index in [2.05, 4.69) is 5.32 Å². The number of nitrogens with one attached hydrogen (secondary N) is 1. The molecule has 1 amide bonds.